The lowest BCUT2D eigenvalue weighted by Gasteiger charge is -1.99. The Morgan fingerprint density at radius 1 is 1.90 bits per heavy atom. The Hall–Kier alpha value is -0.940. The summed E-state index contributed by atoms with van der Waals surface area (Å²) in [6.07, 6.45) is 1.68. The van der Waals surface area contributed by atoms with Crippen LogP contribution < -0.4 is 5.73 Å². The van der Waals surface area contributed by atoms with Crippen molar-refractivity contribution in [1.82, 2.24) is 15.0 Å². The van der Waals surface area contributed by atoms with Crippen LogP contribution >= 0.6 is 0 Å². The molecule has 3 N–H and O–H groups in total. The zero-order chi connectivity index (χ0) is 7.56. The molecule has 1 atom stereocenters. The van der Waals surface area contributed by atoms with Crippen LogP contribution in [0.5, 0.6) is 0 Å². The van der Waals surface area contributed by atoms with E-state index in [0.717, 1.165) is 0 Å². The number of hydrogen-bond donors (Lipinski definition) is 2. The first-order valence-corrected chi connectivity index (χ1v) is 2.96. The highest BCUT2D eigenvalue weighted by atomic mass is 16.3. The average molecular weight is 142 g/mol. The van der Waals surface area contributed by atoms with Crippen molar-refractivity contribution in [1.29, 1.82) is 0 Å². The van der Waals surface area contributed by atoms with Crippen LogP contribution in [0.4, 0.5) is 0 Å². The van der Waals surface area contributed by atoms with Gasteiger partial charge in [0.05, 0.1) is 12.6 Å². The van der Waals surface area contributed by atoms with Crippen molar-refractivity contribution >= 4 is 0 Å². The number of aryl methyl sites for hydroxylation is 1. The zero-order valence-electron chi connectivity index (χ0n) is 5.73. The normalized spacial score (nSPS) is 13.5. The van der Waals surface area contributed by atoms with Crippen LogP contribution in [0.1, 0.15) is 11.7 Å². The molecule has 5 nitrogen and oxygen atoms in total. The molecule has 0 spiro atoms. The van der Waals surface area contributed by atoms with E-state index in [4.69, 9.17) is 10.8 Å². The second-order valence-electron chi connectivity index (χ2n) is 2.11. The minimum absolute atomic E-state index is 0.0985. The van der Waals surface area contributed by atoms with Gasteiger partial charge in [0.25, 0.3) is 0 Å². The molecule has 0 fully saturated rings. The quantitative estimate of drug-likeness (QED) is 0.544. The van der Waals surface area contributed by atoms with Crippen LogP contribution in [0.2, 0.25) is 0 Å². The van der Waals surface area contributed by atoms with Gasteiger partial charge in [0.15, 0.2) is 0 Å². The molecule has 0 amide bonds. The van der Waals surface area contributed by atoms with Gasteiger partial charge < -0.3 is 10.8 Å². The zero-order valence-corrected chi connectivity index (χ0v) is 5.73. The Morgan fingerprint density at radius 3 is 3.00 bits per heavy atom. The highest BCUT2D eigenvalue weighted by molar-refractivity contribution is 4.98. The maximum atomic E-state index is 8.60. The van der Waals surface area contributed by atoms with Crippen LogP contribution in [0.3, 0.4) is 0 Å². The van der Waals surface area contributed by atoms with Crippen LogP contribution in [-0.2, 0) is 7.05 Å². The van der Waals surface area contributed by atoms with Gasteiger partial charge in [0.1, 0.15) is 5.69 Å². The molecule has 0 saturated carbocycles. The summed E-state index contributed by atoms with van der Waals surface area (Å²) in [7, 11) is 1.75. The number of aromatic nitrogens is 3. The van der Waals surface area contributed by atoms with E-state index in [1.54, 1.807) is 17.9 Å². The number of rotatable bonds is 2. The maximum absolute atomic E-state index is 8.60. The monoisotopic (exact) mass is 142 g/mol. The van der Waals surface area contributed by atoms with Crippen molar-refractivity contribution in [2.24, 2.45) is 12.8 Å². The molecule has 1 unspecified atom stereocenters. The molecule has 1 rings (SSSR count). The number of hydrogen-bond acceptors (Lipinski definition) is 4. The van der Waals surface area contributed by atoms with E-state index in [9.17, 15) is 0 Å². The minimum atomic E-state index is -0.409. The van der Waals surface area contributed by atoms with E-state index in [2.05, 4.69) is 10.3 Å². The molecule has 0 bridgehead atoms. The predicted octanol–water partition coefficient (Wildman–Crippen LogP) is -1.19. The fraction of sp³-hybridized carbons (Fsp3) is 0.600. The van der Waals surface area contributed by atoms with Gasteiger partial charge in [-0.3, -0.25) is 4.68 Å². The minimum Gasteiger partial charge on any atom is -0.394 e. The molecule has 10 heavy (non-hydrogen) atoms. The third-order valence-electron chi connectivity index (χ3n) is 1.20. The highest BCUT2D eigenvalue weighted by Crippen LogP contribution is 2.02. The third kappa shape index (κ3) is 1.31. The van der Waals surface area contributed by atoms with Crippen molar-refractivity contribution in [3.05, 3.63) is 11.9 Å². The second-order valence-corrected chi connectivity index (χ2v) is 2.11. The summed E-state index contributed by atoms with van der Waals surface area (Å²) in [5.74, 6) is 0. The fourth-order valence-electron chi connectivity index (χ4n) is 0.629. The van der Waals surface area contributed by atoms with Crippen molar-refractivity contribution in [2.75, 3.05) is 6.61 Å². The first kappa shape index (κ1) is 7.17. The maximum Gasteiger partial charge on any atom is 0.102 e. The largest absolute Gasteiger partial charge is 0.394 e. The summed E-state index contributed by atoms with van der Waals surface area (Å²) < 4.78 is 1.55. The molecule has 0 aliphatic heterocycles. The summed E-state index contributed by atoms with van der Waals surface area (Å²) >= 11 is 0. The standard InChI is InChI=1S/C5H10N4O/c1-9-2-5(7-8-9)4(6)3-10/h2,4,10H,3,6H2,1H3. The Kier molecular flexibility index (Phi) is 1.98. The van der Waals surface area contributed by atoms with Gasteiger partial charge in [0.2, 0.25) is 0 Å². The van der Waals surface area contributed by atoms with E-state index >= 15 is 0 Å². The van der Waals surface area contributed by atoms with E-state index in [1.165, 1.54) is 0 Å². The Morgan fingerprint density at radius 2 is 2.60 bits per heavy atom. The summed E-state index contributed by atoms with van der Waals surface area (Å²) in [6, 6.07) is -0.409. The number of aliphatic hydroxyl groups is 1. The van der Waals surface area contributed by atoms with E-state index < -0.39 is 6.04 Å². The van der Waals surface area contributed by atoms with Crippen molar-refractivity contribution in [2.45, 2.75) is 6.04 Å². The molecule has 5 heteroatoms. The lowest BCUT2D eigenvalue weighted by atomic mass is 10.2. The summed E-state index contributed by atoms with van der Waals surface area (Å²) in [6.45, 7) is -0.0985. The first-order valence-electron chi connectivity index (χ1n) is 2.96. The smallest absolute Gasteiger partial charge is 0.102 e. The molecule has 1 aromatic rings. The SMILES string of the molecule is Cn1cc(C(N)CO)nn1. The third-order valence-corrected chi connectivity index (χ3v) is 1.20. The highest BCUT2D eigenvalue weighted by Gasteiger charge is 2.06. The second kappa shape index (κ2) is 2.76. The van der Waals surface area contributed by atoms with Crippen LogP contribution in [-0.4, -0.2) is 26.7 Å². The van der Waals surface area contributed by atoms with Gasteiger partial charge in [0, 0.05) is 13.2 Å². The van der Waals surface area contributed by atoms with E-state index in [0.29, 0.717) is 5.69 Å². The Balaban J connectivity index is 2.74. The van der Waals surface area contributed by atoms with Crippen LogP contribution in [0.15, 0.2) is 6.20 Å². The Bertz CT molecular complexity index is 209. The molecular formula is C5H10N4O. The van der Waals surface area contributed by atoms with Gasteiger partial charge in [-0.25, -0.2) is 0 Å². The van der Waals surface area contributed by atoms with Gasteiger partial charge >= 0.3 is 0 Å². The molecule has 0 aromatic carbocycles. The molecule has 1 heterocycles. The lowest BCUT2D eigenvalue weighted by molar-refractivity contribution is 0.266. The molecule has 56 valence electrons. The molecule has 0 saturated heterocycles. The van der Waals surface area contributed by atoms with Gasteiger partial charge in [-0.05, 0) is 0 Å². The van der Waals surface area contributed by atoms with Crippen molar-refractivity contribution in [3.63, 3.8) is 0 Å². The van der Waals surface area contributed by atoms with Crippen molar-refractivity contribution in [3.8, 4) is 0 Å². The topological polar surface area (TPSA) is 77.0 Å². The number of nitrogens with zero attached hydrogens (tertiary/aromatic N) is 3. The molecule has 0 aliphatic rings. The first-order chi connectivity index (χ1) is 4.74. The summed E-state index contributed by atoms with van der Waals surface area (Å²) in [5, 5.41) is 16.0. The van der Waals surface area contributed by atoms with Crippen molar-refractivity contribution < 1.29 is 5.11 Å². The number of nitrogens with two attached hydrogens (primary N) is 1. The average Bonchev–Trinajstić information content (AvgIpc) is 2.34. The number of aliphatic hydroxyl groups excluding tert-OH is 1. The van der Waals surface area contributed by atoms with Crippen LogP contribution in [0.25, 0.3) is 0 Å². The predicted molar refractivity (Wildman–Crippen MR) is 35.0 cm³/mol. The molecule has 0 radical (unpaired) electrons. The van der Waals surface area contributed by atoms with Crippen LogP contribution in [0, 0.1) is 0 Å². The van der Waals surface area contributed by atoms with E-state index in [1.807, 2.05) is 0 Å². The van der Waals surface area contributed by atoms with Gasteiger partial charge in [-0.1, -0.05) is 5.21 Å². The van der Waals surface area contributed by atoms with E-state index in [-0.39, 0.29) is 6.61 Å². The fourth-order valence-corrected chi connectivity index (χ4v) is 0.629. The van der Waals surface area contributed by atoms with Gasteiger partial charge in [-0.2, -0.15) is 0 Å². The Labute approximate surface area is 58.5 Å². The summed E-state index contributed by atoms with van der Waals surface area (Å²) in [4.78, 5) is 0. The molecular weight excluding hydrogens is 132 g/mol. The summed E-state index contributed by atoms with van der Waals surface area (Å²) in [5.41, 5.74) is 6.06. The van der Waals surface area contributed by atoms with Gasteiger partial charge in [-0.15, -0.1) is 5.10 Å². The molecule has 1 aromatic heterocycles. The molecule has 0 aliphatic carbocycles. The lowest BCUT2D eigenvalue weighted by Crippen LogP contribution is -2.14.